The highest BCUT2D eigenvalue weighted by atomic mass is 16.3. The quantitative estimate of drug-likeness (QED) is 0.596. The lowest BCUT2D eigenvalue weighted by molar-refractivity contribution is 0.180. The summed E-state index contributed by atoms with van der Waals surface area (Å²) in [6, 6.07) is 0. The van der Waals surface area contributed by atoms with E-state index in [0.29, 0.717) is 23.3 Å². The maximum absolute atomic E-state index is 10.1. The lowest BCUT2D eigenvalue weighted by Crippen LogP contribution is -2.29. The molecule has 3 heteroatoms. The van der Waals surface area contributed by atoms with Crippen molar-refractivity contribution in [3.8, 4) is 0 Å². The predicted octanol–water partition coefficient (Wildman–Crippen LogP) is 3.76. The van der Waals surface area contributed by atoms with E-state index in [4.69, 9.17) is 5.11 Å². The molecule has 0 radical (unpaired) electrons. The van der Waals surface area contributed by atoms with Gasteiger partial charge in [0, 0.05) is 6.42 Å². The second-order valence-corrected chi connectivity index (χ2v) is 7.58. The standard InChI is InChI=1S/C20H34O3/c1-15(12-18(23)13-17(14-22)9-11-21)7-8-19-16(2)6-5-10-20(19,3)4/h9,12,18-19,21-23H,2,5-8,10-11,13-14H2,1,3-4H3/b15-12+,17-9-/t18-,19+/m1/s1. The highest BCUT2D eigenvalue weighted by molar-refractivity contribution is 5.13. The Labute approximate surface area is 141 Å². The third-order valence-electron chi connectivity index (χ3n) is 5.11. The van der Waals surface area contributed by atoms with Gasteiger partial charge in [0.25, 0.3) is 0 Å². The van der Waals surface area contributed by atoms with E-state index in [-0.39, 0.29) is 13.2 Å². The molecule has 1 rings (SSSR count). The number of aliphatic hydroxyl groups is 3. The number of aliphatic hydroxyl groups excluding tert-OH is 3. The van der Waals surface area contributed by atoms with Gasteiger partial charge in [0.05, 0.1) is 19.3 Å². The van der Waals surface area contributed by atoms with E-state index in [1.165, 1.54) is 24.0 Å². The SMILES string of the molecule is C=C1CCCC(C)(C)[C@H]1CC/C(C)=C/[C@@H](O)C/C(=C/CO)CO. The van der Waals surface area contributed by atoms with Crippen LogP contribution in [0.3, 0.4) is 0 Å². The van der Waals surface area contributed by atoms with Crippen LogP contribution in [-0.4, -0.2) is 34.6 Å². The summed E-state index contributed by atoms with van der Waals surface area (Å²) in [7, 11) is 0. The molecule has 132 valence electrons. The summed E-state index contributed by atoms with van der Waals surface area (Å²) in [5.74, 6) is 0.555. The van der Waals surface area contributed by atoms with Gasteiger partial charge in [-0.2, -0.15) is 0 Å². The van der Waals surface area contributed by atoms with Crippen molar-refractivity contribution in [1.82, 2.24) is 0 Å². The summed E-state index contributed by atoms with van der Waals surface area (Å²) in [5, 5.41) is 28.2. The third-order valence-corrected chi connectivity index (χ3v) is 5.11. The van der Waals surface area contributed by atoms with Crippen molar-refractivity contribution in [3.63, 3.8) is 0 Å². The minimum atomic E-state index is -0.609. The van der Waals surface area contributed by atoms with Crippen LogP contribution in [0.4, 0.5) is 0 Å². The molecular formula is C20H34O3. The molecular weight excluding hydrogens is 288 g/mol. The number of allylic oxidation sites excluding steroid dienone is 2. The monoisotopic (exact) mass is 322 g/mol. The Balaban J connectivity index is 2.56. The fourth-order valence-electron chi connectivity index (χ4n) is 3.72. The van der Waals surface area contributed by atoms with Gasteiger partial charge in [-0.25, -0.2) is 0 Å². The van der Waals surface area contributed by atoms with E-state index in [9.17, 15) is 10.2 Å². The van der Waals surface area contributed by atoms with E-state index >= 15 is 0 Å². The summed E-state index contributed by atoms with van der Waals surface area (Å²) in [5.41, 5.74) is 3.55. The van der Waals surface area contributed by atoms with Gasteiger partial charge >= 0.3 is 0 Å². The molecule has 0 amide bonds. The van der Waals surface area contributed by atoms with Gasteiger partial charge in [-0.05, 0) is 55.9 Å². The van der Waals surface area contributed by atoms with E-state index < -0.39 is 6.10 Å². The fourth-order valence-corrected chi connectivity index (χ4v) is 3.72. The van der Waals surface area contributed by atoms with Crippen LogP contribution in [-0.2, 0) is 0 Å². The Morgan fingerprint density at radius 1 is 1.39 bits per heavy atom. The lowest BCUT2D eigenvalue weighted by atomic mass is 9.65. The van der Waals surface area contributed by atoms with Crippen LogP contribution in [0.5, 0.6) is 0 Å². The predicted molar refractivity (Wildman–Crippen MR) is 96.1 cm³/mol. The van der Waals surface area contributed by atoms with Crippen molar-refractivity contribution in [2.45, 2.75) is 65.4 Å². The van der Waals surface area contributed by atoms with E-state index in [1.54, 1.807) is 6.08 Å². The zero-order chi connectivity index (χ0) is 17.5. The summed E-state index contributed by atoms with van der Waals surface area (Å²) in [6.07, 6.45) is 8.89. The topological polar surface area (TPSA) is 60.7 Å². The zero-order valence-corrected chi connectivity index (χ0v) is 15.0. The second-order valence-electron chi connectivity index (χ2n) is 7.58. The molecule has 0 bridgehead atoms. The van der Waals surface area contributed by atoms with Gasteiger partial charge in [-0.15, -0.1) is 0 Å². The Bertz CT molecular complexity index is 446. The van der Waals surface area contributed by atoms with Crippen LogP contribution in [0.25, 0.3) is 0 Å². The van der Waals surface area contributed by atoms with Gasteiger partial charge in [0.1, 0.15) is 0 Å². The average Bonchev–Trinajstić information content (AvgIpc) is 2.45. The highest BCUT2D eigenvalue weighted by Gasteiger charge is 2.33. The molecule has 0 aromatic carbocycles. The van der Waals surface area contributed by atoms with Crippen LogP contribution in [0.1, 0.15) is 59.3 Å². The number of rotatable bonds is 8. The van der Waals surface area contributed by atoms with Gasteiger partial charge in [0.2, 0.25) is 0 Å². The Kier molecular flexibility index (Phi) is 8.24. The van der Waals surface area contributed by atoms with Crippen LogP contribution in [0, 0.1) is 11.3 Å². The zero-order valence-electron chi connectivity index (χ0n) is 15.0. The first-order valence-electron chi connectivity index (χ1n) is 8.72. The minimum Gasteiger partial charge on any atom is -0.392 e. The molecule has 0 aliphatic heterocycles. The number of hydrogen-bond donors (Lipinski definition) is 3. The van der Waals surface area contributed by atoms with Crippen LogP contribution in [0.2, 0.25) is 0 Å². The molecule has 0 unspecified atom stereocenters. The molecule has 1 saturated carbocycles. The Hall–Kier alpha value is -0.900. The summed E-state index contributed by atoms with van der Waals surface area (Å²) in [4.78, 5) is 0. The molecule has 1 fully saturated rings. The fraction of sp³-hybridized carbons (Fsp3) is 0.700. The van der Waals surface area contributed by atoms with E-state index in [1.807, 2.05) is 6.08 Å². The van der Waals surface area contributed by atoms with Gasteiger partial charge in [-0.3, -0.25) is 0 Å². The summed E-state index contributed by atoms with van der Waals surface area (Å²) in [6.45, 7) is 10.8. The maximum Gasteiger partial charge on any atom is 0.0761 e. The summed E-state index contributed by atoms with van der Waals surface area (Å²) >= 11 is 0. The second kappa shape index (κ2) is 9.41. The first-order valence-corrected chi connectivity index (χ1v) is 8.72. The molecule has 0 spiro atoms. The van der Waals surface area contributed by atoms with Crippen LogP contribution in [0.15, 0.2) is 35.5 Å². The molecule has 0 aromatic rings. The van der Waals surface area contributed by atoms with E-state index in [2.05, 4.69) is 27.4 Å². The van der Waals surface area contributed by atoms with Crippen LogP contribution >= 0.6 is 0 Å². The van der Waals surface area contributed by atoms with Gasteiger partial charge in [0.15, 0.2) is 0 Å². The first kappa shape index (κ1) is 20.1. The highest BCUT2D eigenvalue weighted by Crippen LogP contribution is 2.45. The average molecular weight is 322 g/mol. The summed E-state index contributed by atoms with van der Waals surface area (Å²) < 4.78 is 0. The molecule has 3 N–H and O–H groups in total. The van der Waals surface area contributed by atoms with E-state index in [0.717, 1.165) is 19.3 Å². The van der Waals surface area contributed by atoms with Gasteiger partial charge in [-0.1, -0.05) is 43.7 Å². The smallest absolute Gasteiger partial charge is 0.0761 e. The van der Waals surface area contributed by atoms with Crippen molar-refractivity contribution < 1.29 is 15.3 Å². The van der Waals surface area contributed by atoms with Crippen molar-refractivity contribution in [1.29, 1.82) is 0 Å². The molecule has 1 aliphatic carbocycles. The third kappa shape index (κ3) is 6.62. The van der Waals surface area contributed by atoms with Crippen molar-refractivity contribution in [3.05, 3.63) is 35.5 Å². The minimum absolute atomic E-state index is 0.107. The van der Waals surface area contributed by atoms with Gasteiger partial charge < -0.3 is 15.3 Å². The van der Waals surface area contributed by atoms with Crippen molar-refractivity contribution >= 4 is 0 Å². The molecule has 0 heterocycles. The molecule has 2 atom stereocenters. The van der Waals surface area contributed by atoms with Crippen LogP contribution < -0.4 is 0 Å². The Morgan fingerprint density at radius 3 is 2.65 bits per heavy atom. The molecule has 23 heavy (non-hydrogen) atoms. The lowest BCUT2D eigenvalue weighted by Gasteiger charge is -2.40. The molecule has 1 aliphatic rings. The van der Waals surface area contributed by atoms with Crippen molar-refractivity contribution in [2.24, 2.45) is 11.3 Å². The number of hydrogen-bond acceptors (Lipinski definition) is 3. The normalized spacial score (nSPS) is 23.9. The molecule has 0 saturated heterocycles. The largest absolute Gasteiger partial charge is 0.392 e. The molecule has 3 nitrogen and oxygen atoms in total. The van der Waals surface area contributed by atoms with Crippen molar-refractivity contribution in [2.75, 3.05) is 13.2 Å². The Morgan fingerprint density at radius 2 is 2.09 bits per heavy atom. The molecule has 0 aromatic heterocycles. The first-order chi connectivity index (χ1) is 10.8. The maximum atomic E-state index is 10.1.